The van der Waals surface area contributed by atoms with Crippen LogP contribution in [0, 0.1) is 0 Å². The molecular formula is C15H17NO3S. The molecule has 1 amide bonds. The molecule has 1 aliphatic rings. The van der Waals surface area contributed by atoms with Gasteiger partial charge in [-0.05, 0) is 37.3 Å². The third-order valence-electron chi connectivity index (χ3n) is 2.74. The van der Waals surface area contributed by atoms with Crippen LogP contribution in [0.25, 0.3) is 0 Å². The Hall–Kier alpha value is -1.75. The SMILES string of the molecule is C[C@H](OC(=O)/C=C/Sc1ccccc1)C(=O)NC1CC1. The van der Waals surface area contributed by atoms with Crippen molar-refractivity contribution in [3.63, 3.8) is 0 Å². The summed E-state index contributed by atoms with van der Waals surface area (Å²) in [5, 5.41) is 4.45. The molecule has 0 radical (unpaired) electrons. The van der Waals surface area contributed by atoms with E-state index in [0.29, 0.717) is 0 Å². The normalized spacial score (nSPS) is 15.8. The number of rotatable bonds is 6. The second kappa shape index (κ2) is 7.14. The molecule has 1 saturated carbocycles. The van der Waals surface area contributed by atoms with Crippen LogP contribution in [-0.2, 0) is 14.3 Å². The number of hydrogen-bond donors (Lipinski definition) is 1. The smallest absolute Gasteiger partial charge is 0.332 e. The zero-order valence-corrected chi connectivity index (χ0v) is 12.1. The first-order chi connectivity index (χ1) is 9.65. The van der Waals surface area contributed by atoms with Crippen molar-refractivity contribution in [3.05, 3.63) is 41.8 Å². The molecule has 1 aromatic carbocycles. The van der Waals surface area contributed by atoms with Crippen LogP contribution in [-0.4, -0.2) is 24.0 Å². The minimum absolute atomic E-state index is 0.232. The van der Waals surface area contributed by atoms with Crippen LogP contribution in [0.1, 0.15) is 19.8 Å². The Morgan fingerprint density at radius 2 is 2.05 bits per heavy atom. The molecule has 0 bridgehead atoms. The van der Waals surface area contributed by atoms with E-state index in [2.05, 4.69) is 5.32 Å². The number of thioether (sulfide) groups is 1. The van der Waals surface area contributed by atoms with Crippen molar-refractivity contribution in [2.24, 2.45) is 0 Å². The highest BCUT2D eigenvalue weighted by molar-refractivity contribution is 8.02. The molecule has 2 rings (SSSR count). The Labute approximate surface area is 122 Å². The third-order valence-corrected chi connectivity index (χ3v) is 3.55. The maximum absolute atomic E-state index is 11.6. The Kier molecular flexibility index (Phi) is 5.24. The van der Waals surface area contributed by atoms with E-state index in [4.69, 9.17) is 4.74 Å². The molecule has 1 aliphatic carbocycles. The largest absolute Gasteiger partial charge is 0.449 e. The Balaban J connectivity index is 1.72. The van der Waals surface area contributed by atoms with Gasteiger partial charge in [-0.25, -0.2) is 4.79 Å². The van der Waals surface area contributed by atoms with Gasteiger partial charge in [0, 0.05) is 17.0 Å². The van der Waals surface area contributed by atoms with E-state index in [0.717, 1.165) is 17.7 Å². The average molecular weight is 291 g/mol. The van der Waals surface area contributed by atoms with Gasteiger partial charge in [-0.3, -0.25) is 4.79 Å². The van der Waals surface area contributed by atoms with E-state index in [9.17, 15) is 9.59 Å². The summed E-state index contributed by atoms with van der Waals surface area (Å²) in [6, 6.07) is 9.96. The van der Waals surface area contributed by atoms with Gasteiger partial charge in [0.1, 0.15) is 0 Å². The summed E-state index contributed by atoms with van der Waals surface area (Å²) in [4.78, 5) is 24.2. The lowest BCUT2D eigenvalue weighted by atomic mass is 10.3. The summed E-state index contributed by atoms with van der Waals surface area (Å²) >= 11 is 1.42. The summed E-state index contributed by atoms with van der Waals surface area (Å²) in [6.45, 7) is 1.58. The lowest BCUT2D eigenvalue weighted by Gasteiger charge is -2.11. The highest BCUT2D eigenvalue weighted by atomic mass is 32.2. The zero-order chi connectivity index (χ0) is 14.4. The van der Waals surface area contributed by atoms with Gasteiger partial charge in [0.15, 0.2) is 6.10 Å². The number of esters is 1. The van der Waals surface area contributed by atoms with Crippen LogP contribution in [0.5, 0.6) is 0 Å². The second-order valence-corrected chi connectivity index (χ2v) is 5.57. The number of carbonyl (C=O) groups is 2. The van der Waals surface area contributed by atoms with Crippen molar-refractivity contribution in [3.8, 4) is 0 Å². The molecule has 1 N–H and O–H groups in total. The molecule has 1 aromatic rings. The molecule has 4 nitrogen and oxygen atoms in total. The predicted molar refractivity (Wildman–Crippen MR) is 78.2 cm³/mol. The lowest BCUT2D eigenvalue weighted by Crippen LogP contribution is -2.36. The minimum Gasteiger partial charge on any atom is -0.449 e. The highest BCUT2D eigenvalue weighted by Gasteiger charge is 2.26. The van der Waals surface area contributed by atoms with Gasteiger partial charge in [0.2, 0.25) is 0 Å². The number of hydrogen-bond acceptors (Lipinski definition) is 4. The Bertz CT molecular complexity index is 497. The van der Waals surface area contributed by atoms with E-state index in [1.807, 2.05) is 30.3 Å². The zero-order valence-electron chi connectivity index (χ0n) is 11.2. The lowest BCUT2D eigenvalue weighted by molar-refractivity contribution is -0.150. The molecule has 0 unspecified atom stereocenters. The molecule has 0 aromatic heterocycles. The molecular weight excluding hydrogens is 274 g/mol. The molecule has 5 heteroatoms. The summed E-state index contributed by atoms with van der Waals surface area (Å²) in [5.74, 6) is -0.739. The van der Waals surface area contributed by atoms with Gasteiger partial charge in [-0.15, -0.1) is 0 Å². The number of amides is 1. The minimum atomic E-state index is -0.755. The van der Waals surface area contributed by atoms with E-state index in [1.165, 1.54) is 17.8 Å². The number of carbonyl (C=O) groups excluding carboxylic acids is 2. The molecule has 0 saturated heterocycles. The highest BCUT2D eigenvalue weighted by Crippen LogP contribution is 2.19. The van der Waals surface area contributed by atoms with Crippen molar-refractivity contribution >= 4 is 23.6 Å². The fourth-order valence-corrected chi connectivity index (χ4v) is 2.13. The van der Waals surface area contributed by atoms with Crippen LogP contribution in [0.3, 0.4) is 0 Å². The Morgan fingerprint density at radius 3 is 2.70 bits per heavy atom. The van der Waals surface area contributed by atoms with E-state index in [1.54, 1.807) is 12.3 Å². The van der Waals surface area contributed by atoms with Crippen molar-refractivity contribution in [1.29, 1.82) is 0 Å². The van der Waals surface area contributed by atoms with Gasteiger partial charge >= 0.3 is 5.97 Å². The van der Waals surface area contributed by atoms with Crippen LogP contribution >= 0.6 is 11.8 Å². The first kappa shape index (κ1) is 14.7. The summed E-state index contributed by atoms with van der Waals surface area (Å²) < 4.78 is 5.03. The van der Waals surface area contributed by atoms with Gasteiger partial charge in [-0.1, -0.05) is 30.0 Å². The molecule has 0 heterocycles. The van der Waals surface area contributed by atoms with Crippen molar-refractivity contribution in [2.45, 2.75) is 36.8 Å². The fraction of sp³-hybridized carbons (Fsp3) is 0.333. The average Bonchev–Trinajstić information content (AvgIpc) is 3.23. The van der Waals surface area contributed by atoms with Gasteiger partial charge < -0.3 is 10.1 Å². The van der Waals surface area contributed by atoms with Crippen LogP contribution in [0.2, 0.25) is 0 Å². The van der Waals surface area contributed by atoms with E-state index >= 15 is 0 Å². The van der Waals surface area contributed by atoms with Crippen molar-refractivity contribution in [1.82, 2.24) is 5.32 Å². The first-order valence-corrected chi connectivity index (χ1v) is 7.42. The quantitative estimate of drug-likeness (QED) is 0.497. The molecule has 1 atom stereocenters. The molecule has 20 heavy (non-hydrogen) atoms. The number of ether oxygens (including phenoxy) is 1. The molecule has 106 valence electrons. The topological polar surface area (TPSA) is 55.4 Å². The Morgan fingerprint density at radius 1 is 1.35 bits per heavy atom. The predicted octanol–water partition coefficient (Wildman–Crippen LogP) is 2.50. The summed E-state index contributed by atoms with van der Waals surface area (Å²) in [5.41, 5.74) is 0. The third kappa shape index (κ3) is 5.09. The number of nitrogens with one attached hydrogen (secondary N) is 1. The fourth-order valence-electron chi connectivity index (χ4n) is 1.48. The van der Waals surface area contributed by atoms with Crippen LogP contribution < -0.4 is 5.32 Å². The van der Waals surface area contributed by atoms with Crippen LogP contribution in [0.4, 0.5) is 0 Å². The van der Waals surface area contributed by atoms with Crippen molar-refractivity contribution < 1.29 is 14.3 Å². The second-order valence-electron chi connectivity index (χ2n) is 4.60. The van der Waals surface area contributed by atoms with Gasteiger partial charge in [-0.2, -0.15) is 0 Å². The van der Waals surface area contributed by atoms with Gasteiger partial charge in [0.25, 0.3) is 5.91 Å². The standard InChI is InChI=1S/C15H17NO3S/c1-11(15(18)16-12-7-8-12)19-14(17)9-10-20-13-5-3-2-4-6-13/h2-6,9-12H,7-8H2,1H3,(H,16,18)/b10-9+/t11-/m0/s1. The summed E-state index contributed by atoms with van der Waals surface area (Å²) in [7, 11) is 0. The number of benzene rings is 1. The first-order valence-electron chi connectivity index (χ1n) is 6.54. The van der Waals surface area contributed by atoms with E-state index < -0.39 is 12.1 Å². The maximum atomic E-state index is 11.6. The maximum Gasteiger partial charge on any atom is 0.332 e. The van der Waals surface area contributed by atoms with Crippen LogP contribution in [0.15, 0.2) is 46.7 Å². The van der Waals surface area contributed by atoms with Gasteiger partial charge in [0.05, 0.1) is 0 Å². The molecule has 0 aliphatic heterocycles. The van der Waals surface area contributed by atoms with E-state index in [-0.39, 0.29) is 11.9 Å². The molecule has 1 fully saturated rings. The molecule has 0 spiro atoms. The van der Waals surface area contributed by atoms with Crippen molar-refractivity contribution in [2.75, 3.05) is 0 Å². The summed E-state index contributed by atoms with van der Waals surface area (Å²) in [6.07, 6.45) is 2.60. The monoisotopic (exact) mass is 291 g/mol.